The van der Waals surface area contributed by atoms with Crippen LogP contribution in [-0.4, -0.2) is 22.6 Å². The van der Waals surface area contributed by atoms with Gasteiger partial charge in [-0.05, 0) is 35.1 Å². The molecule has 1 aromatic carbocycles. The summed E-state index contributed by atoms with van der Waals surface area (Å²) in [6.07, 6.45) is 0.834. The van der Waals surface area contributed by atoms with E-state index in [-0.39, 0.29) is 0 Å². The van der Waals surface area contributed by atoms with E-state index in [9.17, 15) is 9.90 Å². The first-order chi connectivity index (χ1) is 8.00. The van der Waals surface area contributed by atoms with Crippen LogP contribution in [0.15, 0.2) is 12.1 Å². The predicted molar refractivity (Wildman–Crippen MR) is 65.8 cm³/mol. The zero-order valence-corrected chi connectivity index (χ0v) is 10.2. The first-order valence-electron chi connectivity index (χ1n) is 5.88. The lowest BCUT2D eigenvalue weighted by molar-refractivity contribution is 0.0693. The molecule has 0 bridgehead atoms. The van der Waals surface area contributed by atoms with E-state index >= 15 is 0 Å². The number of benzene rings is 1. The van der Waals surface area contributed by atoms with Gasteiger partial charge >= 0.3 is 5.97 Å². The van der Waals surface area contributed by atoms with Gasteiger partial charge in [-0.1, -0.05) is 19.9 Å². The number of hydrogen-bond acceptors (Lipinski definition) is 3. The highest BCUT2D eigenvalue weighted by atomic mass is 16.4. The average Bonchev–Trinajstić information content (AvgIpc) is 2.26. The molecule has 1 aliphatic rings. The van der Waals surface area contributed by atoms with Crippen LogP contribution in [0, 0.1) is 0 Å². The fourth-order valence-corrected chi connectivity index (χ4v) is 2.47. The maximum absolute atomic E-state index is 11.2. The van der Waals surface area contributed by atoms with Gasteiger partial charge in [-0.25, -0.2) is 9.80 Å². The number of nitrogens with zero attached hydrogens (tertiary/aromatic N) is 1. The van der Waals surface area contributed by atoms with Crippen LogP contribution in [0.2, 0.25) is 0 Å². The quantitative estimate of drug-likeness (QED) is 0.765. The van der Waals surface area contributed by atoms with Crippen molar-refractivity contribution in [2.24, 2.45) is 5.84 Å². The van der Waals surface area contributed by atoms with Crippen LogP contribution in [-0.2, 0) is 13.0 Å². The van der Waals surface area contributed by atoms with Crippen LogP contribution in [0.3, 0.4) is 0 Å². The second-order valence-electron chi connectivity index (χ2n) is 4.84. The summed E-state index contributed by atoms with van der Waals surface area (Å²) >= 11 is 0. The Labute approximate surface area is 101 Å². The molecule has 0 radical (unpaired) electrons. The van der Waals surface area contributed by atoms with Crippen molar-refractivity contribution in [3.05, 3.63) is 34.4 Å². The van der Waals surface area contributed by atoms with Crippen LogP contribution in [0.1, 0.15) is 46.8 Å². The number of nitrogens with two attached hydrogens (primary N) is 1. The first kappa shape index (κ1) is 12.1. The van der Waals surface area contributed by atoms with E-state index in [1.54, 1.807) is 11.1 Å². The van der Waals surface area contributed by atoms with E-state index in [4.69, 9.17) is 5.84 Å². The maximum Gasteiger partial charge on any atom is 0.336 e. The molecule has 0 spiro atoms. The lowest BCUT2D eigenvalue weighted by Gasteiger charge is -2.28. The van der Waals surface area contributed by atoms with Gasteiger partial charge in [0.2, 0.25) is 0 Å². The Kier molecular flexibility index (Phi) is 3.17. The SMILES string of the molecule is CC(C)c1ccc(C(=O)O)c2c1CCN(N)C2. The molecule has 0 aliphatic carbocycles. The molecule has 0 unspecified atom stereocenters. The van der Waals surface area contributed by atoms with Crippen LogP contribution in [0.5, 0.6) is 0 Å². The Bertz CT molecular complexity index is 455. The molecule has 0 aromatic heterocycles. The van der Waals surface area contributed by atoms with Crippen molar-refractivity contribution in [1.82, 2.24) is 5.01 Å². The monoisotopic (exact) mass is 234 g/mol. The highest BCUT2D eigenvalue weighted by Crippen LogP contribution is 2.29. The normalized spacial score (nSPS) is 16.0. The molecule has 2 rings (SSSR count). The summed E-state index contributed by atoms with van der Waals surface area (Å²) in [5, 5.41) is 10.9. The summed E-state index contributed by atoms with van der Waals surface area (Å²) in [5.74, 6) is 5.33. The van der Waals surface area contributed by atoms with Gasteiger partial charge in [-0.2, -0.15) is 0 Å². The van der Waals surface area contributed by atoms with E-state index in [0.29, 0.717) is 18.0 Å². The van der Waals surface area contributed by atoms with E-state index in [1.165, 1.54) is 11.1 Å². The lowest BCUT2D eigenvalue weighted by Crippen LogP contribution is -2.37. The fourth-order valence-electron chi connectivity index (χ4n) is 2.47. The van der Waals surface area contributed by atoms with Crippen LogP contribution in [0.25, 0.3) is 0 Å². The molecular formula is C13H18N2O2. The van der Waals surface area contributed by atoms with Crippen molar-refractivity contribution in [2.75, 3.05) is 6.54 Å². The van der Waals surface area contributed by atoms with E-state index in [2.05, 4.69) is 13.8 Å². The largest absolute Gasteiger partial charge is 0.478 e. The number of carboxylic acid groups (broad SMARTS) is 1. The standard InChI is InChI=1S/C13H18N2O2/c1-8(2)9-3-4-11(13(16)17)12-7-15(14)6-5-10(9)12/h3-4,8H,5-7,14H2,1-2H3,(H,16,17). The molecule has 0 saturated heterocycles. The van der Waals surface area contributed by atoms with E-state index in [1.807, 2.05) is 6.07 Å². The average molecular weight is 234 g/mol. The van der Waals surface area contributed by atoms with Gasteiger partial charge in [0.15, 0.2) is 0 Å². The Morgan fingerprint density at radius 3 is 2.71 bits per heavy atom. The van der Waals surface area contributed by atoms with Gasteiger partial charge in [0.05, 0.1) is 5.56 Å². The smallest absolute Gasteiger partial charge is 0.336 e. The molecule has 3 N–H and O–H groups in total. The van der Waals surface area contributed by atoms with Crippen LogP contribution in [0.4, 0.5) is 0 Å². The molecule has 1 heterocycles. The molecule has 4 nitrogen and oxygen atoms in total. The number of rotatable bonds is 2. The minimum Gasteiger partial charge on any atom is -0.478 e. The van der Waals surface area contributed by atoms with Crippen molar-refractivity contribution in [1.29, 1.82) is 0 Å². The third kappa shape index (κ3) is 2.18. The second-order valence-corrected chi connectivity index (χ2v) is 4.84. The van der Waals surface area contributed by atoms with Gasteiger partial charge in [-0.3, -0.25) is 5.84 Å². The number of hydrazine groups is 1. The molecule has 0 amide bonds. The van der Waals surface area contributed by atoms with Gasteiger partial charge in [0.25, 0.3) is 0 Å². The summed E-state index contributed by atoms with van der Waals surface area (Å²) < 4.78 is 0. The molecule has 92 valence electrons. The molecule has 1 aromatic rings. The highest BCUT2D eigenvalue weighted by molar-refractivity contribution is 5.90. The topological polar surface area (TPSA) is 66.6 Å². The van der Waals surface area contributed by atoms with E-state index in [0.717, 1.165) is 18.5 Å². The van der Waals surface area contributed by atoms with Crippen molar-refractivity contribution < 1.29 is 9.90 Å². The second kappa shape index (κ2) is 4.47. The predicted octanol–water partition coefficient (Wildman–Crippen LogP) is 1.74. The number of aromatic carboxylic acids is 1. The van der Waals surface area contributed by atoms with Gasteiger partial charge in [0.1, 0.15) is 0 Å². The van der Waals surface area contributed by atoms with Gasteiger partial charge in [-0.15, -0.1) is 0 Å². The van der Waals surface area contributed by atoms with Crippen molar-refractivity contribution >= 4 is 5.97 Å². The molecular weight excluding hydrogens is 216 g/mol. The summed E-state index contributed by atoms with van der Waals surface area (Å²) in [4.78, 5) is 11.2. The lowest BCUT2D eigenvalue weighted by atomic mass is 9.86. The van der Waals surface area contributed by atoms with Gasteiger partial charge in [0, 0.05) is 13.1 Å². The van der Waals surface area contributed by atoms with Crippen LogP contribution < -0.4 is 5.84 Å². The number of hydrogen-bond donors (Lipinski definition) is 2. The molecule has 0 atom stereocenters. The Morgan fingerprint density at radius 1 is 1.41 bits per heavy atom. The fraction of sp³-hybridized carbons (Fsp3) is 0.462. The summed E-state index contributed by atoms with van der Waals surface area (Å²) in [6, 6.07) is 3.65. The number of carbonyl (C=O) groups is 1. The zero-order chi connectivity index (χ0) is 12.6. The van der Waals surface area contributed by atoms with E-state index < -0.39 is 5.97 Å². The van der Waals surface area contributed by atoms with Crippen molar-refractivity contribution in [3.8, 4) is 0 Å². The third-order valence-electron chi connectivity index (χ3n) is 3.33. The van der Waals surface area contributed by atoms with Crippen molar-refractivity contribution in [3.63, 3.8) is 0 Å². The zero-order valence-electron chi connectivity index (χ0n) is 10.2. The third-order valence-corrected chi connectivity index (χ3v) is 3.33. The van der Waals surface area contributed by atoms with Crippen LogP contribution >= 0.6 is 0 Å². The molecule has 1 aliphatic heterocycles. The summed E-state index contributed by atoms with van der Waals surface area (Å²) in [5.41, 5.74) is 3.71. The Morgan fingerprint density at radius 2 is 2.12 bits per heavy atom. The first-order valence-corrected chi connectivity index (χ1v) is 5.88. The number of fused-ring (bicyclic) bond motifs is 1. The maximum atomic E-state index is 11.2. The summed E-state index contributed by atoms with van der Waals surface area (Å²) in [7, 11) is 0. The minimum atomic E-state index is -0.869. The molecule has 0 fully saturated rings. The Hall–Kier alpha value is -1.39. The Balaban J connectivity index is 2.58. The molecule has 17 heavy (non-hydrogen) atoms. The highest BCUT2D eigenvalue weighted by Gasteiger charge is 2.23. The van der Waals surface area contributed by atoms with Gasteiger partial charge < -0.3 is 5.11 Å². The van der Waals surface area contributed by atoms with Crippen molar-refractivity contribution in [2.45, 2.75) is 32.7 Å². The summed E-state index contributed by atoms with van der Waals surface area (Å²) in [6.45, 7) is 5.57. The number of carboxylic acids is 1. The molecule has 4 heteroatoms. The minimum absolute atomic E-state index is 0.388. The molecule has 0 saturated carbocycles.